The third kappa shape index (κ3) is 3.20. The molecule has 1 saturated heterocycles. The Kier molecular flexibility index (Phi) is 4.68. The Bertz CT molecular complexity index is 422. The molecular weight excluding hydrogens is 250 g/mol. The van der Waals surface area contributed by atoms with Crippen LogP contribution in [0.25, 0.3) is 0 Å². The van der Waals surface area contributed by atoms with Crippen molar-refractivity contribution >= 4 is 0 Å². The molecule has 1 aromatic heterocycles. The smallest absolute Gasteiger partial charge is 0.149 e. The van der Waals surface area contributed by atoms with Gasteiger partial charge in [0.1, 0.15) is 11.6 Å². The van der Waals surface area contributed by atoms with Crippen LogP contribution in [0.4, 0.5) is 0 Å². The molecule has 112 valence electrons. The normalized spacial score (nSPS) is 24.9. The molecule has 2 N–H and O–H groups in total. The van der Waals surface area contributed by atoms with Crippen molar-refractivity contribution in [1.29, 1.82) is 0 Å². The number of rotatable bonds is 4. The number of nitrogens with one attached hydrogen (secondary N) is 2. The first-order chi connectivity index (χ1) is 9.84. The molecule has 0 aliphatic carbocycles. The average molecular weight is 277 g/mol. The molecule has 3 rings (SSSR count). The van der Waals surface area contributed by atoms with Crippen molar-refractivity contribution in [3.63, 3.8) is 0 Å². The highest BCUT2D eigenvalue weighted by Gasteiger charge is 2.20. The summed E-state index contributed by atoms with van der Waals surface area (Å²) in [5, 5.41) is 16.0. The van der Waals surface area contributed by atoms with E-state index in [9.17, 15) is 0 Å². The van der Waals surface area contributed by atoms with Crippen LogP contribution in [0.1, 0.15) is 63.1 Å². The fourth-order valence-electron chi connectivity index (χ4n) is 3.34. The first-order valence-electron chi connectivity index (χ1n) is 8.23. The Morgan fingerprint density at radius 1 is 1.25 bits per heavy atom. The van der Waals surface area contributed by atoms with E-state index in [0.29, 0.717) is 6.04 Å². The van der Waals surface area contributed by atoms with Gasteiger partial charge in [-0.25, -0.2) is 0 Å². The van der Waals surface area contributed by atoms with Gasteiger partial charge in [0.25, 0.3) is 0 Å². The third-order valence-electron chi connectivity index (χ3n) is 4.61. The number of piperidine rings is 1. The van der Waals surface area contributed by atoms with E-state index >= 15 is 0 Å². The quantitative estimate of drug-likeness (QED) is 0.881. The summed E-state index contributed by atoms with van der Waals surface area (Å²) >= 11 is 0. The second-order valence-corrected chi connectivity index (χ2v) is 6.21. The maximum Gasteiger partial charge on any atom is 0.149 e. The van der Waals surface area contributed by atoms with Crippen molar-refractivity contribution in [2.45, 2.75) is 70.5 Å². The van der Waals surface area contributed by atoms with Gasteiger partial charge in [-0.2, -0.15) is 0 Å². The van der Waals surface area contributed by atoms with E-state index in [-0.39, 0.29) is 6.04 Å². The predicted octanol–water partition coefficient (Wildman–Crippen LogP) is 1.80. The van der Waals surface area contributed by atoms with Crippen molar-refractivity contribution in [1.82, 2.24) is 25.4 Å². The van der Waals surface area contributed by atoms with Crippen molar-refractivity contribution < 1.29 is 0 Å². The van der Waals surface area contributed by atoms with Gasteiger partial charge in [-0.3, -0.25) is 0 Å². The fraction of sp³-hybridized carbons (Fsp3) is 0.867. The summed E-state index contributed by atoms with van der Waals surface area (Å²) in [6.45, 7) is 5.50. The van der Waals surface area contributed by atoms with Gasteiger partial charge >= 0.3 is 0 Å². The molecule has 3 heterocycles. The summed E-state index contributed by atoms with van der Waals surface area (Å²) in [7, 11) is 0. The summed E-state index contributed by atoms with van der Waals surface area (Å²) in [5.41, 5.74) is 0. The van der Waals surface area contributed by atoms with Gasteiger partial charge in [0, 0.05) is 25.6 Å². The summed E-state index contributed by atoms with van der Waals surface area (Å²) in [4.78, 5) is 0. The highest BCUT2D eigenvalue weighted by molar-refractivity contribution is 5.02. The Morgan fingerprint density at radius 3 is 3.05 bits per heavy atom. The van der Waals surface area contributed by atoms with Gasteiger partial charge in [0.05, 0.1) is 6.04 Å². The number of fused-ring (bicyclic) bond motifs is 1. The molecular formula is C15H27N5. The molecule has 0 spiro atoms. The van der Waals surface area contributed by atoms with E-state index in [1.54, 1.807) is 0 Å². The molecule has 1 fully saturated rings. The van der Waals surface area contributed by atoms with Gasteiger partial charge in [-0.1, -0.05) is 12.8 Å². The summed E-state index contributed by atoms with van der Waals surface area (Å²) < 4.78 is 2.35. The highest BCUT2D eigenvalue weighted by atomic mass is 15.3. The number of hydrogen-bond acceptors (Lipinski definition) is 4. The fourth-order valence-corrected chi connectivity index (χ4v) is 3.34. The number of aromatic nitrogens is 3. The number of nitrogens with zero attached hydrogens (tertiary/aromatic N) is 3. The Hall–Kier alpha value is -0.940. The molecule has 0 amide bonds. The zero-order chi connectivity index (χ0) is 13.8. The Balaban J connectivity index is 1.59. The van der Waals surface area contributed by atoms with E-state index in [0.717, 1.165) is 25.3 Å². The van der Waals surface area contributed by atoms with Crippen molar-refractivity contribution in [2.24, 2.45) is 0 Å². The lowest BCUT2D eigenvalue weighted by Gasteiger charge is -2.25. The van der Waals surface area contributed by atoms with Crippen LogP contribution in [-0.4, -0.2) is 33.9 Å². The molecule has 0 saturated carbocycles. The van der Waals surface area contributed by atoms with Crippen molar-refractivity contribution in [3.05, 3.63) is 11.6 Å². The maximum absolute atomic E-state index is 4.43. The monoisotopic (exact) mass is 277 g/mol. The van der Waals surface area contributed by atoms with Crippen LogP contribution in [0.2, 0.25) is 0 Å². The molecule has 0 bridgehead atoms. The van der Waals surface area contributed by atoms with Crippen LogP contribution in [-0.2, 0) is 13.0 Å². The zero-order valence-electron chi connectivity index (χ0n) is 12.6. The SMILES string of the molecule is CC(NCC1CCCCN1)c1nnc2n1CCCCC2. The molecule has 0 radical (unpaired) electrons. The summed E-state index contributed by atoms with van der Waals surface area (Å²) in [6.07, 6.45) is 8.89. The highest BCUT2D eigenvalue weighted by Crippen LogP contribution is 2.18. The van der Waals surface area contributed by atoms with Crippen molar-refractivity contribution in [3.8, 4) is 0 Å². The van der Waals surface area contributed by atoms with E-state index in [2.05, 4.69) is 32.3 Å². The minimum atomic E-state index is 0.290. The van der Waals surface area contributed by atoms with Crippen LogP contribution in [0.3, 0.4) is 0 Å². The average Bonchev–Trinajstić information content (AvgIpc) is 2.75. The van der Waals surface area contributed by atoms with Crippen LogP contribution in [0.15, 0.2) is 0 Å². The van der Waals surface area contributed by atoms with Crippen LogP contribution < -0.4 is 10.6 Å². The molecule has 5 nitrogen and oxygen atoms in total. The molecule has 1 aromatic rings. The maximum atomic E-state index is 4.43. The first-order valence-corrected chi connectivity index (χ1v) is 8.23. The van der Waals surface area contributed by atoms with Gasteiger partial charge in [0.15, 0.2) is 0 Å². The van der Waals surface area contributed by atoms with E-state index in [1.165, 1.54) is 50.9 Å². The zero-order valence-corrected chi connectivity index (χ0v) is 12.6. The minimum Gasteiger partial charge on any atom is -0.314 e. The first kappa shape index (κ1) is 14.0. The lowest BCUT2D eigenvalue weighted by atomic mass is 10.0. The molecule has 2 aliphatic heterocycles. The van der Waals surface area contributed by atoms with E-state index in [4.69, 9.17) is 0 Å². The largest absolute Gasteiger partial charge is 0.314 e. The summed E-state index contributed by atoms with van der Waals surface area (Å²) in [5.74, 6) is 2.31. The molecule has 2 atom stereocenters. The molecule has 2 aliphatic rings. The second-order valence-electron chi connectivity index (χ2n) is 6.21. The number of hydrogen-bond donors (Lipinski definition) is 2. The molecule has 2 unspecified atom stereocenters. The van der Waals surface area contributed by atoms with Gasteiger partial charge < -0.3 is 15.2 Å². The molecule has 20 heavy (non-hydrogen) atoms. The summed E-state index contributed by atoms with van der Waals surface area (Å²) in [6, 6.07) is 0.913. The van der Waals surface area contributed by atoms with Gasteiger partial charge in [-0.05, 0) is 39.2 Å². The Labute approximate surface area is 121 Å². The second kappa shape index (κ2) is 6.68. The number of aryl methyl sites for hydroxylation is 1. The topological polar surface area (TPSA) is 54.8 Å². The van der Waals surface area contributed by atoms with Crippen LogP contribution in [0, 0.1) is 0 Å². The third-order valence-corrected chi connectivity index (χ3v) is 4.61. The van der Waals surface area contributed by atoms with E-state index in [1.807, 2.05) is 0 Å². The standard InChI is InChI=1S/C15H27N5/c1-12(17-11-13-7-4-5-9-16-13)15-19-18-14-8-3-2-6-10-20(14)15/h12-13,16-17H,2-11H2,1H3. The van der Waals surface area contributed by atoms with Crippen molar-refractivity contribution in [2.75, 3.05) is 13.1 Å². The van der Waals surface area contributed by atoms with Crippen LogP contribution in [0.5, 0.6) is 0 Å². The lowest BCUT2D eigenvalue weighted by Crippen LogP contribution is -2.42. The predicted molar refractivity (Wildman–Crippen MR) is 79.6 cm³/mol. The lowest BCUT2D eigenvalue weighted by molar-refractivity contribution is 0.365. The van der Waals surface area contributed by atoms with Crippen LogP contribution >= 0.6 is 0 Å². The minimum absolute atomic E-state index is 0.290. The Morgan fingerprint density at radius 2 is 2.20 bits per heavy atom. The molecule has 5 heteroatoms. The van der Waals surface area contributed by atoms with Gasteiger partial charge in [0.2, 0.25) is 0 Å². The van der Waals surface area contributed by atoms with E-state index < -0.39 is 0 Å². The van der Waals surface area contributed by atoms with Gasteiger partial charge in [-0.15, -0.1) is 10.2 Å². The molecule has 0 aromatic carbocycles.